The first-order valence-electron chi connectivity index (χ1n) is 8.33. The average Bonchev–Trinajstić information content (AvgIpc) is 2.90. The summed E-state index contributed by atoms with van der Waals surface area (Å²) in [5.41, 5.74) is 0. The zero-order valence-corrected chi connectivity index (χ0v) is 13.5. The van der Waals surface area contributed by atoms with Crippen molar-refractivity contribution in [3.8, 4) is 0 Å². The molecule has 0 spiro atoms. The van der Waals surface area contributed by atoms with Crippen LogP contribution in [0.4, 0.5) is 0 Å². The number of hydrogen-bond donors (Lipinski definition) is 1. The molecule has 3 aliphatic rings. The second-order valence-electron chi connectivity index (χ2n) is 7.08. The van der Waals surface area contributed by atoms with Crippen LogP contribution in [0.1, 0.15) is 58.8 Å². The van der Waals surface area contributed by atoms with Crippen LogP contribution in [-0.4, -0.2) is 46.6 Å². The third kappa shape index (κ3) is 3.14. The molecule has 3 rings (SSSR count). The number of nitrogens with one attached hydrogen (secondary N) is 1. The van der Waals surface area contributed by atoms with Crippen molar-refractivity contribution in [1.82, 2.24) is 10.2 Å². The van der Waals surface area contributed by atoms with E-state index in [1.54, 1.807) is 0 Å². The van der Waals surface area contributed by atoms with E-state index in [0.29, 0.717) is 4.75 Å². The standard InChI is InChI=1S/C16H30N2S/c1-3-8-17-13-10-14-5-6-15(11-13)18(14)12-16(2)7-4-9-19-16/h13-15,17H,3-12H2,1-2H3. The van der Waals surface area contributed by atoms with Gasteiger partial charge in [0.25, 0.3) is 0 Å². The molecule has 0 radical (unpaired) electrons. The maximum atomic E-state index is 3.76. The largest absolute Gasteiger partial charge is 0.314 e. The van der Waals surface area contributed by atoms with Crippen molar-refractivity contribution in [2.24, 2.45) is 0 Å². The maximum absolute atomic E-state index is 3.76. The van der Waals surface area contributed by atoms with Gasteiger partial charge in [-0.15, -0.1) is 0 Å². The van der Waals surface area contributed by atoms with Crippen molar-refractivity contribution >= 4 is 11.8 Å². The summed E-state index contributed by atoms with van der Waals surface area (Å²) in [6, 6.07) is 2.56. The minimum absolute atomic E-state index is 0.560. The van der Waals surface area contributed by atoms with Crippen LogP contribution in [0.3, 0.4) is 0 Å². The van der Waals surface area contributed by atoms with E-state index in [4.69, 9.17) is 0 Å². The Morgan fingerprint density at radius 2 is 2.00 bits per heavy atom. The molecule has 3 atom stereocenters. The number of hydrogen-bond acceptors (Lipinski definition) is 3. The van der Waals surface area contributed by atoms with Gasteiger partial charge < -0.3 is 5.32 Å². The molecule has 0 aromatic heterocycles. The van der Waals surface area contributed by atoms with Crippen molar-refractivity contribution in [2.45, 2.75) is 81.7 Å². The number of thioether (sulfide) groups is 1. The number of piperidine rings is 1. The molecule has 3 saturated heterocycles. The van der Waals surface area contributed by atoms with Crippen LogP contribution in [0.5, 0.6) is 0 Å². The Kier molecular flexibility index (Phi) is 4.45. The maximum Gasteiger partial charge on any atom is 0.0259 e. The monoisotopic (exact) mass is 282 g/mol. The highest BCUT2D eigenvalue weighted by molar-refractivity contribution is 8.00. The molecule has 2 nitrogen and oxygen atoms in total. The van der Waals surface area contributed by atoms with Gasteiger partial charge in [0.1, 0.15) is 0 Å². The molecule has 1 N–H and O–H groups in total. The molecule has 3 heteroatoms. The van der Waals surface area contributed by atoms with Crippen molar-refractivity contribution in [1.29, 1.82) is 0 Å². The second kappa shape index (κ2) is 5.95. The Balaban J connectivity index is 1.57. The fourth-order valence-corrected chi connectivity index (χ4v) is 5.71. The van der Waals surface area contributed by atoms with E-state index in [1.807, 2.05) is 0 Å². The molecular formula is C16H30N2S. The lowest BCUT2D eigenvalue weighted by atomic mass is 9.94. The van der Waals surface area contributed by atoms with Gasteiger partial charge in [0.05, 0.1) is 0 Å². The minimum Gasteiger partial charge on any atom is -0.314 e. The van der Waals surface area contributed by atoms with E-state index in [-0.39, 0.29) is 0 Å². The molecule has 0 aromatic rings. The van der Waals surface area contributed by atoms with Crippen LogP contribution >= 0.6 is 11.8 Å². The lowest BCUT2D eigenvalue weighted by Gasteiger charge is -2.43. The van der Waals surface area contributed by atoms with Crippen molar-refractivity contribution in [3.05, 3.63) is 0 Å². The first kappa shape index (κ1) is 14.2. The molecule has 0 saturated carbocycles. The number of rotatable bonds is 5. The van der Waals surface area contributed by atoms with Crippen LogP contribution in [0.15, 0.2) is 0 Å². The van der Waals surface area contributed by atoms with Gasteiger partial charge in [-0.1, -0.05) is 6.92 Å². The van der Waals surface area contributed by atoms with Gasteiger partial charge in [0.2, 0.25) is 0 Å². The predicted octanol–water partition coefficient (Wildman–Crippen LogP) is 3.27. The van der Waals surface area contributed by atoms with Gasteiger partial charge in [0.15, 0.2) is 0 Å². The van der Waals surface area contributed by atoms with Gasteiger partial charge in [-0.2, -0.15) is 11.8 Å². The summed E-state index contributed by atoms with van der Waals surface area (Å²) in [7, 11) is 0. The van der Waals surface area contributed by atoms with Crippen LogP contribution in [0.2, 0.25) is 0 Å². The van der Waals surface area contributed by atoms with E-state index in [0.717, 1.165) is 18.1 Å². The Morgan fingerprint density at radius 1 is 1.26 bits per heavy atom. The van der Waals surface area contributed by atoms with E-state index in [9.17, 15) is 0 Å². The molecule has 0 aromatic carbocycles. The van der Waals surface area contributed by atoms with Gasteiger partial charge >= 0.3 is 0 Å². The van der Waals surface area contributed by atoms with Crippen molar-refractivity contribution in [2.75, 3.05) is 18.8 Å². The van der Waals surface area contributed by atoms with E-state index < -0.39 is 0 Å². The fraction of sp³-hybridized carbons (Fsp3) is 1.00. The molecule has 0 amide bonds. The number of fused-ring (bicyclic) bond motifs is 2. The van der Waals surface area contributed by atoms with Crippen LogP contribution in [-0.2, 0) is 0 Å². The Labute approximate surface area is 123 Å². The minimum atomic E-state index is 0.560. The summed E-state index contributed by atoms with van der Waals surface area (Å²) in [5, 5.41) is 3.76. The zero-order valence-electron chi connectivity index (χ0n) is 12.7. The van der Waals surface area contributed by atoms with Crippen LogP contribution in [0.25, 0.3) is 0 Å². The third-order valence-electron chi connectivity index (χ3n) is 5.38. The Hall–Kier alpha value is 0.270. The Bertz CT molecular complexity index is 287. The molecule has 3 heterocycles. The van der Waals surface area contributed by atoms with Crippen LogP contribution < -0.4 is 5.32 Å². The molecular weight excluding hydrogens is 252 g/mol. The summed E-state index contributed by atoms with van der Waals surface area (Å²) < 4.78 is 0.560. The summed E-state index contributed by atoms with van der Waals surface area (Å²) in [5.74, 6) is 1.39. The van der Waals surface area contributed by atoms with E-state index >= 15 is 0 Å². The highest BCUT2D eigenvalue weighted by Crippen LogP contribution is 2.43. The zero-order chi connectivity index (χ0) is 13.3. The summed E-state index contributed by atoms with van der Waals surface area (Å²) in [6.07, 6.45) is 9.85. The predicted molar refractivity (Wildman–Crippen MR) is 84.9 cm³/mol. The fourth-order valence-electron chi connectivity index (χ4n) is 4.40. The molecule has 2 bridgehead atoms. The molecule has 3 fully saturated rings. The van der Waals surface area contributed by atoms with E-state index in [2.05, 4.69) is 35.8 Å². The first-order valence-corrected chi connectivity index (χ1v) is 9.32. The van der Waals surface area contributed by atoms with Gasteiger partial charge in [0, 0.05) is 29.4 Å². The average molecular weight is 282 g/mol. The molecule has 0 aliphatic carbocycles. The highest BCUT2D eigenvalue weighted by atomic mass is 32.2. The smallest absolute Gasteiger partial charge is 0.0259 e. The van der Waals surface area contributed by atoms with Gasteiger partial charge in [-0.05, 0) is 64.2 Å². The Morgan fingerprint density at radius 3 is 2.58 bits per heavy atom. The van der Waals surface area contributed by atoms with Gasteiger partial charge in [-0.3, -0.25) is 4.90 Å². The third-order valence-corrected chi connectivity index (χ3v) is 6.91. The summed E-state index contributed by atoms with van der Waals surface area (Å²) in [6.45, 7) is 7.34. The molecule has 3 aliphatic heterocycles. The van der Waals surface area contributed by atoms with Gasteiger partial charge in [-0.25, -0.2) is 0 Å². The quantitative estimate of drug-likeness (QED) is 0.833. The van der Waals surface area contributed by atoms with E-state index in [1.165, 1.54) is 63.8 Å². The molecule has 19 heavy (non-hydrogen) atoms. The van der Waals surface area contributed by atoms with Crippen molar-refractivity contribution < 1.29 is 0 Å². The number of nitrogens with zero attached hydrogens (tertiary/aromatic N) is 1. The molecule has 3 unspecified atom stereocenters. The topological polar surface area (TPSA) is 15.3 Å². The lowest BCUT2D eigenvalue weighted by Crippen LogP contribution is -2.52. The van der Waals surface area contributed by atoms with Crippen molar-refractivity contribution in [3.63, 3.8) is 0 Å². The summed E-state index contributed by atoms with van der Waals surface area (Å²) in [4.78, 5) is 2.89. The first-order chi connectivity index (χ1) is 9.20. The second-order valence-corrected chi connectivity index (χ2v) is 8.76. The highest BCUT2D eigenvalue weighted by Gasteiger charge is 2.43. The summed E-state index contributed by atoms with van der Waals surface area (Å²) >= 11 is 2.23. The SMILES string of the molecule is CCCNC1CC2CCC(C1)N2CC1(C)CCCS1. The molecule has 110 valence electrons. The van der Waals surface area contributed by atoms with Crippen LogP contribution in [0, 0.1) is 0 Å². The lowest BCUT2D eigenvalue weighted by molar-refractivity contribution is 0.106. The normalized spacial score (nSPS) is 42.9.